The second-order valence-electron chi connectivity index (χ2n) is 6.80. The van der Waals surface area contributed by atoms with Gasteiger partial charge in [0.1, 0.15) is 0 Å². The molecule has 3 aromatic rings. The summed E-state index contributed by atoms with van der Waals surface area (Å²) in [5, 5.41) is 3.01. The summed E-state index contributed by atoms with van der Waals surface area (Å²) in [5.41, 5.74) is 4.09. The van der Waals surface area contributed by atoms with Gasteiger partial charge in [-0.1, -0.05) is 36.4 Å². The number of carbonyl (C=O) groups excluding carboxylic acids is 2. The van der Waals surface area contributed by atoms with Gasteiger partial charge in [0, 0.05) is 22.3 Å². The van der Waals surface area contributed by atoms with Crippen LogP contribution in [0.5, 0.6) is 0 Å². The molecular formula is C22H19BrN2O2. The van der Waals surface area contributed by atoms with E-state index in [0.29, 0.717) is 24.2 Å². The first-order valence-electron chi connectivity index (χ1n) is 8.91. The van der Waals surface area contributed by atoms with Crippen LogP contribution in [0.1, 0.15) is 39.6 Å². The molecule has 0 saturated carbocycles. The topological polar surface area (TPSA) is 51.1 Å². The fraction of sp³-hybridized carbons (Fsp3) is 0.182. The van der Waals surface area contributed by atoms with E-state index in [4.69, 9.17) is 0 Å². The standard InChI is InChI=1S/C22H19BrN2O2/c1-14-7-8-18(17(23)13-14)24-22(27)16-11-12-25-19(16)9-10-20(25)21(26)15-5-3-2-4-6-15/h2-10,13,16H,11-12H2,1H3,(H,24,27)/t16-/m1/s1. The number of hydrogen-bond donors (Lipinski definition) is 1. The Kier molecular flexibility index (Phi) is 4.70. The van der Waals surface area contributed by atoms with Gasteiger partial charge in [-0.2, -0.15) is 0 Å². The predicted octanol–water partition coefficient (Wildman–Crippen LogP) is 4.92. The maximum atomic E-state index is 12.8. The number of nitrogens with one attached hydrogen (secondary N) is 1. The number of ketones is 1. The second kappa shape index (κ2) is 7.16. The molecule has 4 nitrogen and oxygen atoms in total. The zero-order valence-electron chi connectivity index (χ0n) is 14.9. The van der Waals surface area contributed by atoms with Crippen molar-refractivity contribution in [3.63, 3.8) is 0 Å². The number of benzene rings is 2. The van der Waals surface area contributed by atoms with Gasteiger partial charge in [-0.3, -0.25) is 9.59 Å². The molecule has 0 radical (unpaired) electrons. The van der Waals surface area contributed by atoms with Gasteiger partial charge in [0.2, 0.25) is 11.7 Å². The van der Waals surface area contributed by atoms with Crippen LogP contribution >= 0.6 is 15.9 Å². The summed E-state index contributed by atoms with van der Waals surface area (Å²) >= 11 is 3.50. The number of nitrogens with zero attached hydrogens (tertiary/aromatic N) is 1. The lowest BCUT2D eigenvalue weighted by molar-refractivity contribution is -0.117. The molecule has 1 amide bonds. The van der Waals surface area contributed by atoms with Crippen molar-refractivity contribution < 1.29 is 9.59 Å². The van der Waals surface area contributed by atoms with Crippen molar-refractivity contribution in [1.29, 1.82) is 0 Å². The van der Waals surface area contributed by atoms with Crippen LogP contribution in [0.4, 0.5) is 5.69 Å². The Balaban J connectivity index is 1.57. The first-order valence-corrected chi connectivity index (χ1v) is 9.70. The minimum absolute atomic E-state index is 0.0100. The number of halogens is 1. The molecule has 5 heteroatoms. The predicted molar refractivity (Wildman–Crippen MR) is 109 cm³/mol. The maximum absolute atomic E-state index is 12.8. The quantitative estimate of drug-likeness (QED) is 0.606. The van der Waals surface area contributed by atoms with Crippen LogP contribution in [0.2, 0.25) is 0 Å². The molecule has 0 bridgehead atoms. The first-order chi connectivity index (χ1) is 13.0. The van der Waals surface area contributed by atoms with Crippen molar-refractivity contribution in [1.82, 2.24) is 4.57 Å². The zero-order valence-corrected chi connectivity index (χ0v) is 16.5. The van der Waals surface area contributed by atoms with Crippen LogP contribution in [0.25, 0.3) is 0 Å². The van der Waals surface area contributed by atoms with Crippen molar-refractivity contribution in [2.75, 3.05) is 5.32 Å². The van der Waals surface area contributed by atoms with E-state index in [1.54, 1.807) is 0 Å². The van der Waals surface area contributed by atoms with E-state index in [-0.39, 0.29) is 17.6 Å². The molecule has 1 aromatic heterocycles. The fourth-order valence-corrected chi connectivity index (χ4v) is 4.18. The molecule has 1 atom stereocenters. The Morgan fingerprint density at radius 3 is 2.59 bits per heavy atom. The molecule has 0 unspecified atom stereocenters. The highest BCUT2D eigenvalue weighted by atomic mass is 79.9. The molecule has 0 aliphatic carbocycles. The Morgan fingerprint density at radius 1 is 1.07 bits per heavy atom. The van der Waals surface area contributed by atoms with Crippen molar-refractivity contribution in [2.24, 2.45) is 0 Å². The van der Waals surface area contributed by atoms with Gasteiger partial charge < -0.3 is 9.88 Å². The summed E-state index contributed by atoms with van der Waals surface area (Å²) in [4.78, 5) is 25.6. The SMILES string of the molecule is Cc1ccc(NC(=O)[C@@H]2CCn3c(C(=O)c4ccccc4)ccc32)c(Br)c1. The average molecular weight is 423 g/mol. The van der Waals surface area contributed by atoms with Crippen molar-refractivity contribution in [3.05, 3.63) is 87.7 Å². The highest BCUT2D eigenvalue weighted by Crippen LogP contribution is 2.33. The largest absolute Gasteiger partial charge is 0.341 e. The van der Waals surface area contributed by atoms with E-state index < -0.39 is 0 Å². The molecule has 136 valence electrons. The zero-order chi connectivity index (χ0) is 19.0. The van der Waals surface area contributed by atoms with E-state index in [2.05, 4.69) is 21.2 Å². The fourth-order valence-electron chi connectivity index (χ4n) is 3.59. The molecule has 4 rings (SSSR count). The molecule has 2 heterocycles. The van der Waals surface area contributed by atoms with Crippen LogP contribution in [-0.2, 0) is 11.3 Å². The minimum atomic E-state index is -0.254. The number of anilines is 1. The molecule has 0 spiro atoms. The van der Waals surface area contributed by atoms with Crippen LogP contribution in [0, 0.1) is 6.92 Å². The van der Waals surface area contributed by atoms with E-state index in [9.17, 15) is 9.59 Å². The van der Waals surface area contributed by atoms with E-state index in [1.807, 2.05) is 72.2 Å². The molecular weight excluding hydrogens is 404 g/mol. The molecule has 2 aromatic carbocycles. The number of aromatic nitrogens is 1. The summed E-state index contributed by atoms with van der Waals surface area (Å²) in [6.07, 6.45) is 0.695. The summed E-state index contributed by atoms with van der Waals surface area (Å²) < 4.78 is 2.84. The monoisotopic (exact) mass is 422 g/mol. The third-order valence-corrected chi connectivity index (χ3v) is 5.64. The lowest BCUT2D eigenvalue weighted by Crippen LogP contribution is -2.19. The molecule has 1 aliphatic rings. The van der Waals surface area contributed by atoms with Gasteiger partial charge in [-0.05, 0) is 59.1 Å². The van der Waals surface area contributed by atoms with Gasteiger partial charge in [-0.15, -0.1) is 0 Å². The van der Waals surface area contributed by atoms with Crippen LogP contribution in [-0.4, -0.2) is 16.3 Å². The number of amides is 1. The highest BCUT2D eigenvalue weighted by molar-refractivity contribution is 9.10. The van der Waals surface area contributed by atoms with Gasteiger partial charge in [0.25, 0.3) is 0 Å². The van der Waals surface area contributed by atoms with Gasteiger partial charge in [0.15, 0.2) is 0 Å². The van der Waals surface area contributed by atoms with Crippen LogP contribution in [0.3, 0.4) is 0 Å². The van der Waals surface area contributed by atoms with Crippen molar-refractivity contribution >= 4 is 33.3 Å². The summed E-state index contributed by atoms with van der Waals surface area (Å²) in [7, 11) is 0. The number of carbonyl (C=O) groups is 2. The van der Waals surface area contributed by atoms with Gasteiger partial charge >= 0.3 is 0 Å². The van der Waals surface area contributed by atoms with Crippen molar-refractivity contribution in [3.8, 4) is 0 Å². The minimum Gasteiger partial charge on any atom is -0.341 e. The average Bonchev–Trinajstić information content (AvgIpc) is 3.26. The molecule has 0 fully saturated rings. The third kappa shape index (κ3) is 3.35. The maximum Gasteiger partial charge on any atom is 0.233 e. The summed E-state index contributed by atoms with van der Waals surface area (Å²) in [6.45, 7) is 2.68. The number of rotatable bonds is 4. The molecule has 1 N–H and O–H groups in total. The summed E-state index contributed by atoms with van der Waals surface area (Å²) in [6, 6.07) is 18.8. The van der Waals surface area contributed by atoms with Gasteiger partial charge in [-0.25, -0.2) is 0 Å². The Bertz CT molecular complexity index is 1020. The van der Waals surface area contributed by atoms with Crippen LogP contribution in [0.15, 0.2) is 65.1 Å². The molecule has 1 aliphatic heterocycles. The smallest absolute Gasteiger partial charge is 0.233 e. The molecule has 27 heavy (non-hydrogen) atoms. The normalized spacial score (nSPS) is 15.4. The van der Waals surface area contributed by atoms with Gasteiger partial charge in [0.05, 0.1) is 17.3 Å². The number of hydrogen-bond acceptors (Lipinski definition) is 2. The van der Waals surface area contributed by atoms with E-state index in [1.165, 1.54) is 0 Å². The Hall–Kier alpha value is -2.66. The lowest BCUT2D eigenvalue weighted by atomic mass is 10.0. The molecule has 0 saturated heterocycles. The third-order valence-electron chi connectivity index (χ3n) is 4.98. The van der Waals surface area contributed by atoms with E-state index >= 15 is 0 Å². The second-order valence-corrected chi connectivity index (χ2v) is 7.66. The number of fused-ring (bicyclic) bond motifs is 1. The van der Waals surface area contributed by atoms with Crippen LogP contribution < -0.4 is 5.32 Å². The Morgan fingerprint density at radius 2 is 1.85 bits per heavy atom. The Labute approximate surface area is 166 Å². The summed E-state index contributed by atoms with van der Waals surface area (Å²) in [5.74, 6) is -0.310. The lowest BCUT2D eigenvalue weighted by Gasteiger charge is -2.12. The number of aryl methyl sites for hydroxylation is 1. The highest BCUT2D eigenvalue weighted by Gasteiger charge is 2.32. The first kappa shape index (κ1) is 17.7. The van der Waals surface area contributed by atoms with E-state index in [0.717, 1.165) is 21.4 Å². The van der Waals surface area contributed by atoms with Crippen molar-refractivity contribution in [2.45, 2.75) is 25.8 Å².